The first kappa shape index (κ1) is 13.8. The molecule has 1 aromatic carbocycles. The van der Waals surface area contributed by atoms with E-state index in [-0.39, 0.29) is 4.75 Å². The number of nitrogens with one attached hydrogen (secondary N) is 1. The van der Waals surface area contributed by atoms with Crippen LogP contribution in [-0.2, 0) is 0 Å². The summed E-state index contributed by atoms with van der Waals surface area (Å²) in [6.07, 6.45) is 2.08. The van der Waals surface area contributed by atoms with Gasteiger partial charge in [0.05, 0.1) is 21.4 Å². The Morgan fingerprint density at radius 2 is 1.88 bits per heavy atom. The lowest BCUT2D eigenvalue weighted by molar-refractivity contribution is 0.753. The van der Waals surface area contributed by atoms with E-state index in [0.717, 1.165) is 12.2 Å². The van der Waals surface area contributed by atoms with E-state index in [1.54, 1.807) is 23.9 Å². The van der Waals surface area contributed by atoms with Crippen LogP contribution >= 0.6 is 35.0 Å². The fraction of sp³-hybridized carbons (Fsp3) is 0.455. The number of anilines is 2. The minimum Gasteiger partial charge on any atom is -0.397 e. The molecule has 2 nitrogen and oxygen atoms in total. The van der Waals surface area contributed by atoms with E-state index in [1.165, 1.54) is 0 Å². The van der Waals surface area contributed by atoms with Crippen LogP contribution in [-0.4, -0.2) is 17.5 Å². The molecule has 0 heterocycles. The summed E-state index contributed by atoms with van der Waals surface area (Å²) in [6, 6.07) is 3.42. The van der Waals surface area contributed by atoms with Gasteiger partial charge in [-0.05, 0) is 32.2 Å². The number of nitrogens with two attached hydrogens (primary N) is 1. The Labute approximate surface area is 111 Å². The number of benzene rings is 1. The maximum atomic E-state index is 5.94. The highest BCUT2D eigenvalue weighted by Gasteiger charge is 2.16. The first-order valence-corrected chi connectivity index (χ1v) is 6.87. The van der Waals surface area contributed by atoms with Gasteiger partial charge in [0.15, 0.2) is 0 Å². The molecular formula is C11H16Cl2N2S. The first-order valence-electron chi connectivity index (χ1n) is 4.89. The number of thioether (sulfide) groups is 1. The zero-order valence-electron chi connectivity index (χ0n) is 9.60. The Hall–Kier alpha value is -0.250. The third-order valence-corrected chi connectivity index (χ3v) is 4.32. The minimum atomic E-state index is 0.151. The second-order valence-electron chi connectivity index (χ2n) is 4.17. The minimum absolute atomic E-state index is 0.151. The highest BCUT2D eigenvalue weighted by atomic mass is 35.5. The molecule has 0 spiro atoms. The molecule has 0 atom stereocenters. The van der Waals surface area contributed by atoms with E-state index >= 15 is 0 Å². The van der Waals surface area contributed by atoms with Gasteiger partial charge in [0.1, 0.15) is 0 Å². The Bertz CT molecular complexity index is 380. The van der Waals surface area contributed by atoms with Crippen molar-refractivity contribution >= 4 is 46.3 Å². The lowest BCUT2D eigenvalue weighted by Gasteiger charge is -2.23. The second-order valence-corrected chi connectivity index (χ2v) is 6.50. The van der Waals surface area contributed by atoms with E-state index in [2.05, 4.69) is 25.4 Å². The third kappa shape index (κ3) is 3.65. The van der Waals surface area contributed by atoms with Crippen LogP contribution in [0.25, 0.3) is 0 Å². The maximum absolute atomic E-state index is 5.94. The van der Waals surface area contributed by atoms with E-state index in [4.69, 9.17) is 28.9 Å². The summed E-state index contributed by atoms with van der Waals surface area (Å²) < 4.78 is 0.151. The molecule has 0 aliphatic rings. The average Bonchev–Trinajstić information content (AvgIpc) is 2.22. The van der Waals surface area contributed by atoms with Crippen LogP contribution in [0.1, 0.15) is 13.8 Å². The standard InChI is InChI=1S/C11H16Cl2N2S/c1-11(2,16-3)6-15-10-5-8(13)7(12)4-9(10)14/h4-5,15H,6,14H2,1-3H3. The molecule has 0 saturated heterocycles. The summed E-state index contributed by atoms with van der Waals surface area (Å²) in [5.74, 6) is 0. The number of hydrogen-bond donors (Lipinski definition) is 2. The molecule has 0 unspecified atom stereocenters. The van der Waals surface area contributed by atoms with Gasteiger partial charge in [0.2, 0.25) is 0 Å². The molecule has 0 saturated carbocycles. The van der Waals surface area contributed by atoms with Crippen molar-refractivity contribution in [3.8, 4) is 0 Å². The van der Waals surface area contributed by atoms with Crippen LogP contribution in [0.15, 0.2) is 12.1 Å². The average molecular weight is 279 g/mol. The van der Waals surface area contributed by atoms with Gasteiger partial charge in [-0.1, -0.05) is 23.2 Å². The summed E-state index contributed by atoms with van der Waals surface area (Å²) in [7, 11) is 0. The van der Waals surface area contributed by atoms with Crippen molar-refractivity contribution in [2.75, 3.05) is 23.9 Å². The van der Waals surface area contributed by atoms with Crippen molar-refractivity contribution in [3.63, 3.8) is 0 Å². The zero-order chi connectivity index (χ0) is 12.3. The lowest BCUT2D eigenvalue weighted by atomic mass is 10.2. The molecule has 3 N–H and O–H groups in total. The van der Waals surface area contributed by atoms with Crippen LogP contribution in [0.2, 0.25) is 10.0 Å². The molecule has 5 heteroatoms. The van der Waals surface area contributed by atoms with Crippen LogP contribution in [0.4, 0.5) is 11.4 Å². The van der Waals surface area contributed by atoms with Crippen molar-refractivity contribution in [1.82, 2.24) is 0 Å². The van der Waals surface area contributed by atoms with Gasteiger partial charge in [-0.15, -0.1) is 0 Å². The van der Waals surface area contributed by atoms with Crippen LogP contribution in [0, 0.1) is 0 Å². The molecule has 0 aromatic heterocycles. The molecule has 16 heavy (non-hydrogen) atoms. The molecule has 0 amide bonds. The summed E-state index contributed by atoms with van der Waals surface area (Å²) in [6.45, 7) is 5.15. The number of halogens is 2. The van der Waals surface area contributed by atoms with Crippen LogP contribution in [0.3, 0.4) is 0 Å². The SMILES string of the molecule is CSC(C)(C)CNc1cc(Cl)c(Cl)cc1N. The number of rotatable bonds is 4. The summed E-state index contributed by atoms with van der Waals surface area (Å²) in [5, 5.41) is 4.28. The van der Waals surface area contributed by atoms with Crippen molar-refractivity contribution in [2.24, 2.45) is 0 Å². The fourth-order valence-electron chi connectivity index (χ4n) is 1.10. The third-order valence-electron chi connectivity index (χ3n) is 2.35. The topological polar surface area (TPSA) is 38.0 Å². The monoisotopic (exact) mass is 278 g/mol. The molecule has 0 radical (unpaired) electrons. The van der Waals surface area contributed by atoms with Crippen LogP contribution < -0.4 is 11.1 Å². The second kappa shape index (κ2) is 5.39. The van der Waals surface area contributed by atoms with Crippen molar-refractivity contribution in [3.05, 3.63) is 22.2 Å². The maximum Gasteiger partial charge on any atom is 0.0614 e. The Morgan fingerprint density at radius 3 is 2.44 bits per heavy atom. The van der Waals surface area contributed by atoms with Gasteiger partial charge in [-0.25, -0.2) is 0 Å². The molecule has 0 aliphatic heterocycles. The van der Waals surface area contributed by atoms with Gasteiger partial charge in [0.25, 0.3) is 0 Å². The van der Waals surface area contributed by atoms with Crippen molar-refractivity contribution < 1.29 is 0 Å². The largest absolute Gasteiger partial charge is 0.397 e. The van der Waals surface area contributed by atoms with Gasteiger partial charge in [-0.3, -0.25) is 0 Å². The van der Waals surface area contributed by atoms with Gasteiger partial charge in [0, 0.05) is 11.3 Å². The highest BCUT2D eigenvalue weighted by molar-refractivity contribution is 7.99. The predicted molar refractivity (Wildman–Crippen MR) is 77.0 cm³/mol. The highest BCUT2D eigenvalue weighted by Crippen LogP contribution is 2.31. The zero-order valence-corrected chi connectivity index (χ0v) is 11.9. The molecule has 1 rings (SSSR count). The van der Waals surface area contributed by atoms with Gasteiger partial charge >= 0.3 is 0 Å². The lowest BCUT2D eigenvalue weighted by Crippen LogP contribution is -2.26. The van der Waals surface area contributed by atoms with Crippen LogP contribution in [0.5, 0.6) is 0 Å². The number of hydrogen-bond acceptors (Lipinski definition) is 3. The summed E-state index contributed by atoms with van der Waals surface area (Å²) >= 11 is 13.6. The van der Waals surface area contributed by atoms with E-state index < -0.39 is 0 Å². The van der Waals surface area contributed by atoms with E-state index in [1.807, 2.05) is 0 Å². The van der Waals surface area contributed by atoms with Gasteiger partial charge < -0.3 is 11.1 Å². The Balaban J connectivity index is 2.79. The molecule has 0 fully saturated rings. The normalized spacial score (nSPS) is 11.6. The smallest absolute Gasteiger partial charge is 0.0614 e. The summed E-state index contributed by atoms with van der Waals surface area (Å²) in [5.41, 5.74) is 7.30. The molecule has 0 bridgehead atoms. The summed E-state index contributed by atoms with van der Waals surface area (Å²) in [4.78, 5) is 0. The molecule has 90 valence electrons. The van der Waals surface area contributed by atoms with E-state index in [0.29, 0.717) is 15.7 Å². The molecular weight excluding hydrogens is 263 g/mol. The number of nitrogen functional groups attached to an aromatic ring is 1. The molecule has 1 aromatic rings. The first-order chi connectivity index (χ1) is 7.35. The van der Waals surface area contributed by atoms with Crippen molar-refractivity contribution in [2.45, 2.75) is 18.6 Å². The molecule has 0 aliphatic carbocycles. The van der Waals surface area contributed by atoms with E-state index in [9.17, 15) is 0 Å². The van der Waals surface area contributed by atoms with Gasteiger partial charge in [-0.2, -0.15) is 11.8 Å². The Kier molecular flexibility index (Phi) is 4.65. The predicted octanol–water partition coefficient (Wildman–Crippen LogP) is 4.13. The van der Waals surface area contributed by atoms with Crippen molar-refractivity contribution in [1.29, 1.82) is 0 Å². The Morgan fingerprint density at radius 1 is 1.31 bits per heavy atom. The quantitative estimate of drug-likeness (QED) is 0.814. The fourth-order valence-corrected chi connectivity index (χ4v) is 1.65.